The molecule has 0 radical (unpaired) electrons. The molecular formula is C13H17Cl3N2O. The largest absolute Gasteiger partial charge is 0.337 e. The summed E-state index contributed by atoms with van der Waals surface area (Å²) in [6.07, 6.45) is 0.376. The Kier molecular flexibility index (Phi) is 6.40. The molecule has 1 fully saturated rings. The van der Waals surface area contributed by atoms with Crippen LogP contribution in [0.4, 0.5) is 0 Å². The second-order valence-electron chi connectivity index (χ2n) is 4.57. The van der Waals surface area contributed by atoms with Gasteiger partial charge in [0.15, 0.2) is 0 Å². The molecule has 1 N–H and O–H groups in total. The average molecular weight is 324 g/mol. The van der Waals surface area contributed by atoms with Gasteiger partial charge in [-0.3, -0.25) is 4.79 Å². The summed E-state index contributed by atoms with van der Waals surface area (Å²) in [6, 6.07) is 5.58. The van der Waals surface area contributed by atoms with E-state index in [-0.39, 0.29) is 24.4 Å². The van der Waals surface area contributed by atoms with E-state index in [4.69, 9.17) is 23.2 Å². The van der Waals surface area contributed by atoms with Crippen LogP contribution in [-0.2, 0) is 11.2 Å². The van der Waals surface area contributed by atoms with E-state index in [0.29, 0.717) is 16.5 Å². The Bertz CT molecular complexity index is 454. The second-order valence-corrected chi connectivity index (χ2v) is 5.38. The first kappa shape index (κ1) is 16.6. The molecule has 0 aliphatic carbocycles. The van der Waals surface area contributed by atoms with Crippen molar-refractivity contribution in [2.75, 3.05) is 19.6 Å². The monoisotopic (exact) mass is 322 g/mol. The molecular weight excluding hydrogens is 307 g/mol. The van der Waals surface area contributed by atoms with E-state index >= 15 is 0 Å². The maximum atomic E-state index is 12.2. The fourth-order valence-corrected chi connectivity index (χ4v) is 2.46. The molecule has 2 rings (SSSR count). The Hall–Kier alpha value is -0.480. The smallest absolute Gasteiger partial charge is 0.227 e. The van der Waals surface area contributed by atoms with Crippen LogP contribution in [0.2, 0.25) is 10.0 Å². The number of nitrogens with one attached hydrogen (secondary N) is 1. The second kappa shape index (κ2) is 7.34. The highest BCUT2D eigenvalue weighted by Gasteiger charge is 2.22. The number of piperazine rings is 1. The molecule has 1 saturated heterocycles. The highest BCUT2D eigenvalue weighted by Crippen LogP contribution is 2.23. The molecule has 1 atom stereocenters. The van der Waals surface area contributed by atoms with Gasteiger partial charge in [-0.05, 0) is 24.6 Å². The lowest BCUT2D eigenvalue weighted by Gasteiger charge is -2.34. The minimum Gasteiger partial charge on any atom is -0.337 e. The maximum absolute atomic E-state index is 12.2. The summed E-state index contributed by atoms with van der Waals surface area (Å²) in [5, 5.41) is 4.28. The molecule has 0 spiro atoms. The summed E-state index contributed by atoms with van der Waals surface area (Å²) in [7, 11) is 0. The van der Waals surface area contributed by atoms with Crippen molar-refractivity contribution in [2.45, 2.75) is 19.4 Å². The summed E-state index contributed by atoms with van der Waals surface area (Å²) in [5.74, 6) is 0.141. The van der Waals surface area contributed by atoms with Crippen LogP contribution >= 0.6 is 35.6 Å². The van der Waals surface area contributed by atoms with Gasteiger partial charge in [0, 0.05) is 25.7 Å². The number of halogens is 3. The van der Waals surface area contributed by atoms with E-state index in [9.17, 15) is 4.79 Å². The zero-order valence-corrected chi connectivity index (χ0v) is 13.0. The lowest BCUT2D eigenvalue weighted by atomic mass is 10.1. The molecule has 1 aromatic rings. The third-order valence-corrected chi connectivity index (χ3v) is 3.90. The molecule has 6 heteroatoms. The zero-order valence-electron chi connectivity index (χ0n) is 10.7. The Morgan fingerprint density at radius 3 is 2.79 bits per heavy atom. The van der Waals surface area contributed by atoms with E-state index in [2.05, 4.69) is 12.2 Å². The minimum atomic E-state index is 0. The van der Waals surface area contributed by atoms with Gasteiger partial charge >= 0.3 is 0 Å². The maximum Gasteiger partial charge on any atom is 0.227 e. The van der Waals surface area contributed by atoms with Gasteiger partial charge in [0.2, 0.25) is 5.91 Å². The van der Waals surface area contributed by atoms with Crippen molar-refractivity contribution in [1.29, 1.82) is 0 Å². The highest BCUT2D eigenvalue weighted by molar-refractivity contribution is 6.42. The molecule has 19 heavy (non-hydrogen) atoms. The van der Waals surface area contributed by atoms with Crippen LogP contribution in [-0.4, -0.2) is 36.5 Å². The van der Waals surface area contributed by atoms with E-state index < -0.39 is 0 Å². The molecule has 0 bridgehead atoms. The summed E-state index contributed by atoms with van der Waals surface area (Å²) < 4.78 is 0. The van der Waals surface area contributed by atoms with Crippen LogP contribution in [0.3, 0.4) is 0 Å². The number of amides is 1. The first-order chi connectivity index (χ1) is 8.58. The van der Waals surface area contributed by atoms with Crippen molar-refractivity contribution in [3.8, 4) is 0 Å². The van der Waals surface area contributed by atoms with Gasteiger partial charge in [0.05, 0.1) is 16.5 Å². The van der Waals surface area contributed by atoms with Crippen molar-refractivity contribution in [2.24, 2.45) is 0 Å². The lowest BCUT2D eigenvalue weighted by Crippen LogP contribution is -2.52. The first-order valence-electron chi connectivity index (χ1n) is 6.02. The van der Waals surface area contributed by atoms with Crippen molar-refractivity contribution >= 4 is 41.5 Å². The minimum absolute atomic E-state index is 0. The molecule has 0 aromatic heterocycles. The number of nitrogens with zero attached hydrogens (tertiary/aromatic N) is 1. The van der Waals surface area contributed by atoms with Gasteiger partial charge in [-0.2, -0.15) is 0 Å². The average Bonchev–Trinajstić information content (AvgIpc) is 2.34. The Morgan fingerprint density at radius 1 is 1.42 bits per heavy atom. The SMILES string of the molecule is C[C@H]1CNCCN1C(=O)Cc1ccc(Cl)c(Cl)c1.Cl. The third kappa shape index (κ3) is 4.25. The van der Waals surface area contributed by atoms with Crippen LogP contribution in [0.1, 0.15) is 12.5 Å². The van der Waals surface area contributed by atoms with Crippen LogP contribution in [0.5, 0.6) is 0 Å². The normalized spacial score (nSPS) is 18.9. The van der Waals surface area contributed by atoms with Crippen LogP contribution in [0.15, 0.2) is 18.2 Å². The molecule has 0 unspecified atom stereocenters. The quantitative estimate of drug-likeness (QED) is 0.907. The van der Waals surface area contributed by atoms with E-state index in [1.807, 2.05) is 11.0 Å². The molecule has 3 nitrogen and oxygen atoms in total. The highest BCUT2D eigenvalue weighted by atomic mass is 35.5. The van der Waals surface area contributed by atoms with Crippen molar-refractivity contribution < 1.29 is 4.79 Å². The molecule has 1 aromatic carbocycles. The van der Waals surface area contributed by atoms with Gasteiger partial charge < -0.3 is 10.2 Å². The van der Waals surface area contributed by atoms with Crippen LogP contribution in [0.25, 0.3) is 0 Å². The van der Waals surface area contributed by atoms with Gasteiger partial charge in [-0.1, -0.05) is 29.3 Å². The number of rotatable bonds is 2. The topological polar surface area (TPSA) is 32.3 Å². The van der Waals surface area contributed by atoms with Crippen molar-refractivity contribution in [3.63, 3.8) is 0 Å². The van der Waals surface area contributed by atoms with Crippen LogP contribution < -0.4 is 5.32 Å². The molecule has 0 saturated carbocycles. The van der Waals surface area contributed by atoms with E-state index in [1.54, 1.807) is 12.1 Å². The number of hydrogen-bond donors (Lipinski definition) is 1. The van der Waals surface area contributed by atoms with E-state index in [0.717, 1.165) is 25.2 Å². The predicted molar refractivity (Wildman–Crippen MR) is 81.5 cm³/mol. The molecule has 1 amide bonds. The fourth-order valence-electron chi connectivity index (χ4n) is 2.14. The summed E-state index contributed by atoms with van der Waals surface area (Å²) in [5.41, 5.74) is 0.903. The molecule has 1 heterocycles. The Balaban J connectivity index is 0.00000180. The van der Waals surface area contributed by atoms with Gasteiger partial charge in [0.1, 0.15) is 0 Å². The lowest BCUT2D eigenvalue weighted by molar-refractivity contribution is -0.133. The first-order valence-corrected chi connectivity index (χ1v) is 6.77. The fraction of sp³-hybridized carbons (Fsp3) is 0.462. The number of hydrogen-bond acceptors (Lipinski definition) is 2. The summed E-state index contributed by atoms with van der Waals surface area (Å²) in [6.45, 7) is 4.53. The summed E-state index contributed by atoms with van der Waals surface area (Å²) >= 11 is 11.8. The van der Waals surface area contributed by atoms with E-state index in [1.165, 1.54) is 0 Å². The molecule has 1 aliphatic heterocycles. The number of benzene rings is 1. The Labute approximate surface area is 129 Å². The number of carbonyl (C=O) groups is 1. The van der Waals surface area contributed by atoms with Crippen molar-refractivity contribution in [3.05, 3.63) is 33.8 Å². The van der Waals surface area contributed by atoms with Gasteiger partial charge in [-0.15, -0.1) is 12.4 Å². The molecule has 106 valence electrons. The van der Waals surface area contributed by atoms with Gasteiger partial charge in [-0.25, -0.2) is 0 Å². The molecule has 1 aliphatic rings. The van der Waals surface area contributed by atoms with Crippen LogP contribution in [0, 0.1) is 0 Å². The third-order valence-electron chi connectivity index (χ3n) is 3.16. The zero-order chi connectivity index (χ0) is 13.1. The number of carbonyl (C=O) groups excluding carboxylic acids is 1. The Morgan fingerprint density at radius 2 is 2.16 bits per heavy atom. The summed E-state index contributed by atoms with van der Waals surface area (Å²) in [4.78, 5) is 14.1. The standard InChI is InChI=1S/C13H16Cl2N2O.ClH/c1-9-8-16-4-5-17(9)13(18)7-10-2-3-11(14)12(15)6-10;/h2-3,6,9,16H,4-5,7-8H2,1H3;1H/t9-;/m0./s1. The van der Waals surface area contributed by atoms with Gasteiger partial charge in [0.25, 0.3) is 0 Å². The van der Waals surface area contributed by atoms with Crippen molar-refractivity contribution in [1.82, 2.24) is 10.2 Å². The predicted octanol–water partition coefficient (Wildman–Crippen LogP) is 2.78.